The summed E-state index contributed by atoms with van der Waals surface area (Å²) in [4.78, 5) is 12.3. The number of carbonyl (C=O) groups is 1. The Morgan fingerprint density at radius 3 is 2.59 bits per heavy atom. The molecule has 0 unspecified atom stereocenters. The molecule has 1 heterocycles. The van der Waals surface area contributed by atoms with Gasteiger partial charge in [-0.25, -0.2) is 0 Å². The highest BCUT2D eigenvalue weighted by Crippen LogP contribution is 2.33. The fourth-order valence-electron chi connectivity index (χ4n) is 3.04. The van der Waals surface area contributed by atoms with Crippen molar-refractivity contribution >= 4 is 34.1 Å². The summed E-state index contributed by atoms with van der Waals surface area (Å²) in [5, 5.41) is 23.4. The van der Waals surface area contributed by atoms with Crippen molar-refractivity contribution in [3.8, 4) is 17.2 Å². The van der Waals surface area contributed by atoms with Gasteiger partial charge in [0.2, 0.25) is 5.91 Å². The molecule has 0 atom stereocenters. The Morgan fingerprint density at radius 1 is 1.07 bits per heavy atom. The minimum atomic E-state index is -0.149. The van der Waals surface area contributed by atoms with E-state index >= 15 is 0 Å². The SMILES string of the molecule is CCc1ccccc1NC(=O)CSc1nnc(-c2cc3ccccc3cc2O)o1. The third-order valence-corrected chi connectivity index (χ3v) is 5.32. The summed E-state index contributed by atoms with van der Waals surface area (Å²) in [5.74, 6) is 0.276. The van der Waals surface area contributed by atoms with Gasteiger partial charge in [0, 0.05) is 5.69 Å². The number of aryl methyl sites for hydroxylation is 1. The lowest BCUT2D eigenvalue weighted by atomic mass is 10.1. The number of amides is 1. The summed E-state index contributed by atoms with van der Waals surface area (Å²) in [6.07, 6.45) is 0.839. The van der Waals surface area contributed by atoms with E-state index in [1.54, 1.807) is 12.1 Å². The fraction of sp³-hybridized carbons (Fsp3) is 0.136. The first-order chi connectivity index (χ1) is 14.1. The molecule has 0 aliphatic heterocycles. The maximum atomic E-state index is 12.3. The number of para-hydroxylation sites is 1. The Kier molecular flexibility index (Phi) is 5.48. The van der Waals surface area contributed by atoms with E-state index in [9.17, 15) is 9.90 Å². The van der Waals surface area contributed by atoms with Crippen molar-refractivity contribution in [1.29, 1.82) is 0 Å². The highest BCUT2D eigenvalue weighted by molar-refractivity contribution is 7.99. The van der Waals surface area contributed by atoms with Crippen LogP contribution in [0.1, 0.15) is 12.5 Å². The summed E-state index contributed by atoms with van der Waals surface area (Å²) in [5.41, 5.74) is 2.36. The van der Waals surface area contributed by atoms with E-state index in [0.717, 1.165) is 40.2 Å². The average Bonchev–Trinajstić information content (AvgIpc) is 3.21. The Morgan fingerprint density at radius 2 is 1.79 bits per heavy atom. The van der Waals surface area contributed by atoms with Crippen LogP contribution in [0.5, 0.6) is 5.75 Å². The predicted molar refractivity (Wildman–Crippen MR) is 114 cm³/mol. The molecule has 1 amide bonds. The van der Waals surface area contributed by atoms with Crippen molar-refractivity contribution in [3.05, 3.63) is 66.2 Å². The van der Waals surface area contributed by atoms with E-state index in [4.69, 9.17) is 4.42 Å². The molecule has 146 valence electrons. The lowest BCUT2D eigenvalue weighted by molar-refractivity contribution is -0.113. The molecule has 1 aromatic heterocycles. The second kappa shape index (κ2) is 8.36. The molecule has 0 bridgehead atoms. The maximum Gasteiger partial charge on any atom is 0.277 e. The molecule has 7 heteroatoms. The molecule has 6 nitrogen and oxygen atoms in total. The number of aromatic hydroxyl groups is 1. The lowest BCUT2D eigenvalue weighted by Crippen LogP contribution is -2.15. The molecule has 0 saturated carbocycles. The number of phenolic OH excluding ortho intramolecular Hbond substituents is 1. The molecule has 4 aromatic rings. The van der Waals surface area contributed by atoms with Crippen LogP contribution in [0.3, 0.4) is 0 Å². The van der Waals surface area contributed by atoms with Crippen molar-refractivity contribution in [1.82, 2.24) is 10.2 Å². The lowest BCUT2D eigenvalue weighted by Gasteiger charge is -2.08. The van der Waals surface area contributed by atoms with Crippen LogP contribution in [0.15, 0.2) is 70.3 Å². The zero-order valence-corrected chi connectivity index (χ0v) is 16.6. The molecule has 0 radical (unpaired) electrons. The van der Waals surface area contributed by atoms with Gasteiger partial charge in [-0.05, 0) is 41.0 Å². The quantitative estimate of drug-likeness (QED) is 0.444. The summed E-state index contributed by atoms with van der Waals surface area (Å²) < 4.78 is 5.65. The molecule has 0 saturated heterocycles. The molecule has 29 heavy (non-hydrogen) atoms. The molecule has 3 aromatic carbocycles. The second-order valence-corrected chi connectivity index (χ2v) is 7.36. The molecule has 0 spiro atoms. The molecular weight excluding hydrogens is 386 g/mol. The van der Waals surface area contributed by atoms with E-state index < -0.39 is 0 Å². The highest BCUT2D eigenvalue weighted by Gasteiger charge is 2.15. The number of thioether (sulfide) groups is 1. The number of rotatable bonds is 6. The Hall–Kier alpha value is -3.32. The fourth-order valence-corrected chi connectivity index (χ4v) is 3.60. The Bertz CT molecular complexity index is 1170. The topological polar surface area (TPSA) is 88.2 Å². The molecule has 2 N–H and O–H groups in total. The number of fused-ring (bicyclic) bond motifs is 1. The number of carbonyl (C=O) groups excluding carboxylic acids is 1. The summed E-state index contributed by atoms with van der Waals surface area (Å²) in [6.45, 7) is 2.04. The standard InChI is InChI=1S/C22H19N3O3S/c1-2-14-7-5-6-10-18(14)23-20(27)13-29-22-25-24-21(28-22)17-11-15-8-3-4-9-16(15)12-19(17)26/h3-12,26H,2,13H2,1H3,(H,23,27). The van der Waals surface area contributed by atoms with E-state index in [2.05, 4.69) is 15.5 Å². The minimum absolute atomic E-state index is 0.0674. The average molecular weight is 405 g/mol. The molecule has 0 aliphatic carbocycles. The van der Waals surface area contributed by atoms with Gasteiger partial charge in [-0.2, -0.15) is 0 Å². The van der Waals surface area contributed by atoms with Crippen LogP contribution in [-0.2, 0) is 11.2 Å². The maximum absolute atomic E-state index is 12.3. The first kappa shape index (κ1) is 19.0. The number of aromatic nitrogens is 2. The van der Waals surface area contributed by atoms with Crippen LogP contribution < -0.4 is 5.32 Å². The third kappa shape index (κ3) is 4.25. The highest BCUT2D eigenvalue weighted by atomic mass is 32.2. The monoisotopic (exact) mass is 405 g/mol. The zero-order chi connectivity index (χ0) is 20.2. The van der Waals surface area contributed by atoms with Crippen LogP contribution in [-0.4, -0.2) is 27.0 Å². The molecule has 0 aliphatic rings. The van der Waals surface area contributed by atoms with Gasteiger partial charge in [-0.15, -0.1) is 10.2 Å². The number of anilines is 1. The third-order valence-electron chi connectivity index (χ3n) is 4.50. The van der Waals surface area contributed by atoms with Crippen molar-refractivity contribution in [2.24, 2.45) is 0 Å². The van der Waals surface area contributed by atoms with Crippen LogP contribution in [0.4, 0.5) is 5.69 Å². The predicted octanol–water partition coefficient (Wildman–Crippen LogP) is 4.89. The smallest absolute Gasteiger partial charge is 0.277 e. The van der Waals surface area contributed by atoms with Crippen molar-refractivity contribution in [2.45, 2.75) is 18.6 Å². The number of nitrogens with zero attached hydrogens (tertiary/aromatic N) is 2. The van der Waals surface area contributed by atoms with Crippen molar-refractivity contribution in [2.75, 3.05) is 11.1 Å². The summed E-state index contributed by atoms with van der Waals surface area (Å²) >= 11 is 1.15. The van der Waals surface area contributed by atoms with E-state index in [-0.39, 0.29) is 28.5 Å². The molecule has 4 rings (SSSR count). The second-order valence-electron chi connectivity index (χ2n) is 6.44. The van der Waals surface area contributed by atoms with E-state index in [0.29, 0.717) is 5.56 Å². The minimum Gasteiger partial charge on any atom is -0.507 e. The van der Waals surface area contributed by atoms with Crippen LogP contribution in [0, 0.1) is 0 Å². The summed E-state index contributed by atoms with van der Waals surface area (Å²) in [7, 11) is 0. The van der Waals surface area contributed by atoms with Crippen LogP contribution in [0.25, 0.3) is 22.2 Å². The number of hydrogen-bond donors (Lipinski definition) is 2. The van der Waals surface area contributed by atoms with Crippen molar-refractivity contribution < 1.29 is 14.3 Å². The van der Waals surface area contributed by atoms with Gasteiger partial charge in [0.25, 0.3) is 11.1 Å². The molecule has 0 fully saturated rings. The number of hydrogen-bond acceptors (Lipinski definition) is 6. The number of nitrogens with one attached hydrogen (secondary N) is 1. The van der Waals surface area contributed by atoms with Gasteiger partial charge in [-0.1, -0.05) is 61.2 Å². The van der Waals surface area contributed by atoms with E-state index in [1.807, 2.05) is 55.5 Å². The first-order valence-electron chi connectivity index (χ1n) is 9.20. The summed E-state index contributed by atoms with van der Waals surface area (Å²) in [6, 6.07) is 18.9. The van der Waals surface area contributed by atoms with Crippen LogP contribution in [0.2, 0.25) is 0 Å². The van der Waals surface area contributed by atoms with Crippen molar-refractivity contribution in [3.63, 3.8) is 0 Å². The van der Waals surface area contributed by atoms with Crippen LogP contribution >= 0.6 is 11.8 Å². The number of phenols is 1. The Labute approximate surface area is 172 Å². The largest absolute Gasteiger partial charge is 0.507 e. The van der Waals surface area contributed by atoms with Gasteiger partial charge in [0.05, 0.1) is 11.3 Å². The first-order valence-corrected chi connectivity index (χ1v) is 10.2. The van der Waals surface area contributed by atoms with Gasteiger partial charge >= 0.3 is 0 Å². The Balaban J connectivity index is 1.44. The van der Waals surface area contributed by atoms with E-state index in [1.165, 1.54) is 0 Å². The van der Waals surface area contributed by atoms with Gasteiger partial charge < -0.3 is 14.8 Å². The van der Waals surface area contributed by atoms with Gasteiger partial charge in [0.15, 0.2) is 0 Å². The normalized spacial score (nSPS) is 10.9. The van der Waals surface area contributed by atoms with Gasteiger partial charge in [-0.3, -0.25) is 4.79 Å². The van der Waals surface area contributed by atoms with Gasteiger partial charge in [0.1, 0.15) is 5.75 Å². The molecular formula is C22H19N3O3S. The zero-order valence-electron chi connectivity index (χ0n) is 15.8. The number of benzene rings is 3.